The Morgan fingerprint density at radius 3 is 2.58 bits per heavy atom. The molecule has 0 saturated heterocycles. The third-order valence-electron chi connectivity index (χ3n) is 3.53. The van der Waals surface area contributed by atoms with Crippen LogP contribution in [0.25, 0.3) is 0 Å². The zero-order valence-electron chi connectivity index (χ0n) is 10.1. The fourth-order valence-electron chi connectivity index (χ4n) is 2.42. The van der Waals surface area contributed by atoms with Crippen LogP contribution in [0.3, 0.4) is 0 Å². The molecular weight excluding hydrogens is 263 g/mol. The van der Waals surface area contributed by atoms with E-state index in [-0.39, 0.29) is 23.4 Å². The Morgan fingerprint density at radius 2 is 1.89 bits per heavy atom. The molecule has 3 rings (SSSR count). The van der Waals surface area contributed by atoms with E-state index in [2.05, 4.69) is 0 Å². The molecule has 1 aliphatic rings. The number of carbonyl (C=O) groups is 1. The molecule has 2 unspecified atom stereocenters. The largest absolute Gasteiger partial charge is 0.294 e. The zero-order valence-corrected chi connectivity index (χ0v) is 10.9. The Morgan fingerprint density at radius 1 is 1.16 bits per heavy atom. The van der Waals surface area contributed by atoms with Crippen molar-refractivity contribution in [3.8, 4) is 0 Å². The summed E-state index contributed by atoms with van der Waals surface area (Å²) in [6, 6.07) is 13.4. The maximum Gasteiger partial charge on any atom is 0.166 e. The summed E-state index contributed by atoms with van der Waals surface area (Å²) in [4.78, 5) is 12.2. The van der Waals surface area contributed by atoms with Crippen LogP contribution in [0.4, 0.5) is 4.39 Å². The second kappa shape index (κ2) is 4.78. The Balaban J connectivity index is 1.76. The number of hydrogen-bond donors (Lipinski definition) is 0. The van der Waals surface area contributed by atoms with Crippen molar-refractivity contribution in [1.29, 1.82) is 0 Å². The molecule has 0 amide bonds. The van der Waals surface area contributed by atoms with Crippen LogP contribution < -0.4 is 0 Å². The Bertz CT molecular complexity index is 621. The van der Waals surface area contributed by atoms with Crippen LogP contribution in [0, 0.1) is 11.7 Å². The van der Waals surface area contributed by atoms with Gasteiger partial charge in [-0.3, -0.25) is 4.79 Å². The number of benzene rings is 2. The van der Waals surface area contributed by atoms with Gasteiger partial charge in [-0.05, 0) is 54.3 Å². The minimum absolute atomic E-state index is 0.00364. The second-order valence-corrected chi connectivity index (χ2v) is 5.31. The second-order valence-electron chi connectivity index (χ2n) is 4.87. The lowest BCUT2D eigenvalue weighted by atomic mass is 10.0. The lowest BCUT2D eigenvalue weighted by Gasteiger charge is -2.02. The molecule has 96 valence electrons. The van der Waals surface area contributed by atoms with Gasteiger partial charge in [0.15, 0.2) is 5.78 Å². The smallest absolute Gasteiger partial charge is 0.166 e. The predicted molar refractivity (Wildman–Crippen MR) is 73.0 cm³/mol. The van der Waals surface area contributed by atoms with E-state index in [0.29, 0.717) is 10.6 Å². The first-order valence-corrected chi connectivity index (χ1v) is 6.58. The molecule has 1 saturated carbocycles. The quantitative estimate of drug-likeness (QED) is 0.755. The van der Waals surface area contributed by atoms with Gasteiger partial charge in [-0.2, -0.15) is 0 Å². The average molecular weight is 275 g/mol. The predicted octanol–water partition coefficient (Wildman–Crippen LogP) is 4.47. The molecule has 0 radical (unpaired) electrons. The highest BCUT2D eigenvalue weighted by atomic mass is 35.5. The summed E-state index contributed by atoms with van der Waals surface area (Å²) in [6.07, 6.45) is 0.844. The number of ketones is 1. The molecule has 0 aliphatic heterocycles. The molecular formula is C16H12ClFO. The van der Waals surface area contributed by atoms with Gasteiger partial charge in [0.1, 0.15) is 5.82 Å². The highest BCUT2D eigenvalue weighted by molar-refractivity contribution is 6.30. The lowest BCUT2D eigenvalue weighted by Crippen LogP contribution is -2.03. The molecule has 1 nitrogen and oxygen atoms in total. The van der Waals surface area contributed by atoms with Crippen LogP contribution in [0.5, 0.6) is 0 Å². The van der Waals surface area contributed by atoms with Gasteiger partial charge in [-0.25, -0.2) is 4.39 Å². The number of hydrogen-bond acceptors (Lipinski definition) is 1. The van der Waals surface area contributed by atoms with E-state index in [1.54, 1.807) is 12.1 Å². The van der Waals surface area contributed by atoms with Gasteiger partial charge in [-0.15, -0.1) is 0 Å². The molecule has 3 heteroatoms. The minimum atomic E-state index is -0.321. The van der Waals surface area contributed by atoms with Gasteiger partial charge in [0.2, 0.25) is 0 Å². The molecule has 1 fully saturated rings. The van der Waals surface area contributed by atoms with Crippen LogP contribution in [0.15, 0.2) is 48.5 Å². The average Bonchev–Trinajstić information content (AvgIpc) is 3.19. The van der Waals surface area contributed by atoms with Gasteiger partial charge in [0.05, 0.1) is 0 Å². The Kier molecular flexibility index (Phi) is 3.11. The first-order valence-electron chi connectivity index (χ1n) is 6.20. The molecule has 0 spiro atoms. The van der Waals surface area contributed by atoms with Crippen LogP contribution in [-0.2, 0) is 0 Å². The van der Waals surface area contributed by atoms with Crippen molar-refractivity contribution in [3.63, 3.8) is 0 Å². The molecule has 0 heterocycles. The van der Waals surface area contributed by atoms with E-state index >= 15 is 0 Å². The lowest BCUT2D eigenvalue weighted by molar-refractivity contribution is 0.0965. The zero-order chi connectivity index (χ0) is 13.4. The first-order chi connectivity index (χ1) is 9.15. The van der Waals surface area contributed by atoms with Gasteiger partial charge < -0.3 is 0 Å². The maximum atomic E-state index is 12.8. The Hall–Kier alpha value is -1.67. The van der Waals surface area contributed by atoms with Crippen LogP contribution in [-0.4, -0.2) is 5.78 Å². The third-order valence-corrected chi connectivity index (χ3v) is 3.77. The minimum Gasteiger partial charge on any atom is -0.294 e. The number of rotatable bonds is 3. The highest BCUT2D eigenvalue weighted by Gasteiger charge is 2.43. The number of Topliss-reactive ketones (excluding diaryl/α,β-unsaturated/α-hetero) is 1. The van der Waals surface area contributed by atoms with E-state index in [1.807, 2.05) is 24.3 Å². The van der Waals surface area contributed by atoms with E-state index in [9.17, 15) is 9.18 Å². The van der Waals surface area contributed by atoms with Gasteiger partial charge in [0.25, 0.3) is 0 Å². The van der Waals surface area contributed by atoms with Crippen molar-refractivity contribution in [2.24, 2.45) is 5.92 Å². The van der Waals surface area contributed by atoms with E-state index in [0.717, 1.165) is 12.0 Å². The summed E-state index contributed by atoms with van der Waals surface area (Å²) in [7, 11) is 0. The standard InChI is InChI=1S/C16H12ClFO/c17-12-3-1-2-11(8-12)14-9-15(14)16(19)10-4-6-13(18)7-5-10/h1-8,14-15H,9H2. The monoisotopic (exact) mass is 274 g/mol. The Labute approximate surface area is 116 Å². The number of halogens is 2. The van der Waals surface area contributed by atoms with Crippen molar-refractivity contribution in [1.82, 2.24) is 0 Å². The molecule has 0 aromatic heterocycles. The van der Waals surface area contributed by atoms with Gasteiger partial charge >= 0.3 is 0 Å². The van der Waals surface area contributed by atoms with Crippen molar-refractivity contribution in [2.75, 3.05) is 0 Å². The molecule has 2 aromatic carbocycles. The third kappa shape index (κ3) is 2.54. The van der Waals surface area contributed by atoms with Crippen molar-refractivity contribution in [3.05, 3.63) is 70.5 Å². The topological polar surface area (TPSA) is 17.1 Å². The fourth-order valence-corrected chi connectivity index (χ4v) is 2.62. The summed E-state index contributed by atoms with van der Waals surface area (Å²) < 4.78 is 12.8. The molecule has 2 atom stereocenters. The summed E-state index contributed by atoms with van der Waals surface area (Å²) in [5.41, 5.74) is 1.68. The van der Waals surface area contributed by atoms with Crippen molar-refractivity contribution in [2.45, 2.75) is 12.3 Å². The number of carbonyl (C=O) groups excluding carboxylic acids is 1. The SMILES string of the molecule is O=C(c1ccc(F)cc1)C1CC1c1cccc(Cl)c1. The molecule has 0 N–H and O–H groups in total. The summed E-state index contributed by atoms with van der Waals surface area (Å²) >= 11 is 5.95. The van der Waals surface area contributed by atoms with Crippen LogP contribution in [0.1, 0.15) is 28.3 Å². The molecule has 2 aromatic rings. The summed E-state index contributed by atoms with van der Waals surface area (Å²) in [6.45, 7) is 0. The van der Waals surface area contributed by atoms with E-state index < -0.39 is 0 Å². The molecule has 19 heavy (non-hydrogen) atoms. The van der Waals surface area contributed by atoms with Gasteiger partial charge in [-0.1, -0.05) is 23.7 Å². The summed E-state index contributed by atoms with van der Waals surface area (Å²) in [5.74, 6) is 0.0175. The fraction of sp³-hybridized carbons (Fsp3) is 0.188. The van der Waals surface area contributed by atoms with Crippen LogP contribution >= 0.6 is 11.6 Å². The van der Waals surface area contributed by atoms with E-state index in [4.69, 9.17) is 11.6 Å². The molecule has 0 bridgehead atoms. The van der Waals surface area contributed by atoms with Crippen molar-refractivity contribution < 1.29 is 9.18 Å². The molecule has 1 aliphatic carbocycles. The first kappa shape index (κ1) is 12.4. The van der Waals surface area contributed by atoms with E-state index in [1.165, 1.54) is 12.1 Å². The highest BCUT2D eigenvalue weighted by Crippen LogP contribution is 2.49. The normalized spacial score (nSPS) is 21.2. The summed E-state index contributed by atoms with van der Waals surface area (Å²) in [5, 5.41) is 0.692. The van der Waals surface area contributed by atoms with Gasteiger partial charge in [0, 0.05) is 16.5 Å². The van der Waals surface area contributed by atoms with Crippen LogP contribution in [0.2, 0.25) is 5.02 Å². The van der Waals surface area contributed by atoms with Crippen molar-refractivity contribution >= 4 is 17.4 Å². The maximum absolute atomic E-state index is 12.8.